The maximum atomic E-state index is 9.80. The van der Waals surface area contributed by atoms with Crippen LogP contribution in [-0.2, 0) is 0 Å². The van der Waals surface area contributed by atoms with Gasteiger partial charge in [0, 0.05) is 24.6 Å². The van der Waals surface area contributed by atoms with Crippen molar-refractivity contribution in [1.82, 2.24) is 4.90 Å². The van der Waals surface area contributed by atoms with Crippen molar-refractivity contribution >= 4 is 0 Å². The van der Waals surface area contributed by atoms with E-state index in [0.717, 1.165) is 19.1 Å². The number of rotatable bonds is 5. The molecule has 1 N–H and O–H groups in total. The van der Waals surface area contributed by atoms with Gasteiger partial charge in [0.05, 0.1) is 0 Å². The molecule has 0 heterocycles. The zero-order valence-electron chi connectivity index (χ0n) is 11.5. The topological polar surface area (TPSA) is 23.5 Å². The van der Waals surface area contributed by atoms with Gasteiger partial charge in [0.15, 0.2) is 0 Å². The Morgan fingerprint density at radius 3 is 2.24 bits per heavy atom. The summed E-state index contributed by atoms with van der Waals surface area (Å²) in [5, 5.41) is 9.80. The fourth-order valence-electron chi connectivity index (χ4n) is 3.87. The van der Waals surface area contributed by atoms with Gasteiger partial charge in [0.2, 0.25) is 0 Å². The van der Waals surface area contributed by atoms with E-state index in [0.29, 0.717) is 6.61 Å². The average Bonchev–Trinajstić information content (AvgIpc) is 2.91. The molecule has 17 heavy (non-hydrogen) atoms. The van der Waals surface area contributed by atoms with Crippen molar-refractivity contribution in [1.29, 1.82) is 0 Å². The van der Waals surface area contributed by atoms with Crippen LogP contribution in [0.15, 0.2) is 0 Å². The normalized spacial score (nSPS) is 25.6. The van der Waals surface area contributed by atoms with Crippen molar-refractivity contribution in [3.05, 3.63) is 0 Å². The minimum absolute atomic E-state index is 0.233. The van der Waals surface area contributed by atoms with E-state index in [4.69, 9.17) is 0 Å². The first-order chi connectivity index (χ1) is 8.29. The predicted molar refractivity (Wildman–Crippen MR) is 72.1 cm³/mol. The summed E-state index contributed by atoms with van der Waals surface area (Å²) in [5.74, 6) is 0. The summed E-state index contributed by atoms with van der Waals surface area (Å²) in [6, 6.07) is 0.811. The molecule has 0 spiro atoms. The van der Waals surface area contributed by atoms with Crippen molar-refractivity contribution in [2.75, 3.05) is 19.7 Å². The molecule has 2 fully saturated rings. The van der Waals surface area contributed by atoms with E-state index in [2.05, 4.69) is 11.8 Å². The van der Waals surface area contributed by atoms with Crippen LogP contribution in [0.4, 0.5) is 0 Å². The van der Waals surface area contributed by atoms with E-state index >= 15 is 0 Å². The lowest BCUT2D eigenvalue weighted by Gasteiger charge is -2.41. The standard InChI is InChI=1S/C15H29NO/c1-2-16(14-8-4-5-9-14)12-15(13-17)10-6-3-7-11-15/h14,17H,2-13H2,1H3. The van der Waals surface area contributed by atoms with Crippen LogP contribution in [0.5, 0.6) is 0 Å². The molecule has 2 heteroatoms. The number of hydrogen-bond donors (Lipinski definition) is 1. The summed E-state index contributed by atoms with van der Waals surface area (Å²) in [7, 11) is 0. The van der Waals surface area contributed by atoms with Gasteiger partial charge in [-0.1, -0.05) is 39.0 Å². The first kappa shape index (κ1) is 13.4. The molecule has 2 saturated carbocycles. The lowest BCUT2D eigenvalue weighted by molar-refractivity contribution is 0.0278. The number of aliphatic hydroxyl groups excluding tert-OH is 1. The second-order valence-electron chi connectivity index (χ2n) is 6.22. The van der Waals surface area contributed by atoms with Gasteiger partial charge in [-0.25, -0.2) is 0 Å². The first-order valence-corrected chi connectivity index (χ1v) is 7.64. The molecular formula is C15H29NO. The highest BCUT2D eigenvalue weighted by atomic mass is 16.3. The van der Waals surface area contributed by atoms with Crippen LogP contribution < -0.4 is 0 Å². The highest BCUT2D eigenvalue weighted by Crippen LogP contribution is 2.38. The summed E-state index contributed by atoms with van der Waals surface area (Å²) in [6.07, 6.45) is 12.1. The van der Waals surface area contributed by atoms with Gasteiger partial charge >= 0.3 is 0 Å². The highest BCUT2D eigenvalue weighted by Gasteiger charge is 2.35. The SMILES string of the molecule is CCN(CC1(CO)CCCCC1)C1CCCC1. The molecule has 0 unspecified atom stereocenters. The highest BCUT2D eigenvalue weighted by molar-refractivity contribution is 4.88. The van der Waals surface area contributed by atoms with Crippen molar-refractivity contribution in [2.24, 2.45) is 5.41 Å². The largest absolute Gasteiger partial charge is 0.396 e. The zero-order valence-corrected chi connectivity index (χ0v) is 11.5. The van der Waals surface area contributed by atoms with E-state index in [1.807, 2.05) is 0 Å². The Morgan fingerprint density at radius 1 is 1.06 bits per heavy atom. The molecule has 2 aliphatic carbocycles. The smallest absolute Gasteiger partial charge is 0.0499 e. The minimum Gasteiger partial charge on any atom is -0.396 e. The molecule has 2 rings (SSSR count). The Bertz CT molecular complexity index is 217. The molecule has 2 nitrogen and oxygen atoms in total. The Kier molecular flexibility index (Phi) is 4.87. The predicted octanol–water partition coefficient (Wildman–Crippen LogP) is 3.19. The Hall–Kier alpha value is -0.0800. The number of hydrogen-bond acceptors (Lipinski definition) is 2. The average molecular weight is 239 g/mol. The van der Waals surface area contributed by atoms with Gasteiger partial charge in [-0.2, -0.15) is 0 Å². The third-order valence-corrected chi connectivity index (χ3v) is 5.04. The summed E-state index contributed by atoms with van der Waals surface area (Å²) in [4.78, 5) is 2.66. The van der Waals surface area contributed by atoms with Gasteiger partial charge < -0.3 is 10.0 Å². The fraction of sp³-hybridized carbons (Fsp3) is 1.00. The minimum atomic E-state index is 0.233. The molecule has 0 bridgehead atoms. The Morgan fingerprint density at radius 2 is 1.71 bits per heavy atom. The van der Waals surface area contributed by atoms with Gasteiger partial charge in [0.1, 0.15) is 0 Å². The first-order valence-electron chi connectivity index (χ1n) is 7.64. The number of nitrogens with zero attached hydrogens (tertiary/aromatic N) is 1. The van der Waals surface area contributed by atoms with Gasteiger partial charge in [0.25, 0.3) is 0 Å². The van der Waals surface area contributed by atoms with Crippen molar-refractivity contribution < 1.29 is 5.11 Å². The van der Waals surface area contributed by atoms with E-state index in [1.54, 1.807) is 0 Å². The molecule has 0 aromatic carbocycles. The summed E-state index contributed by atoms with van der Waals surface area (Å²) < 4.78 is 0. The van der Waals surface area contributed by atoms with Gasteiger partial charge in [-0.15, -0.1) is 0 Å². The molecule has 0 aromatic heterocycles. The van der Waals surface area contributed by atoms with E-state index in [9.17, 15) is 5.11 Å². The third-order valence-electron chi connectivity index (χ3n) is 5.04. The second-order valence-corrected chi connectivity index (χ2v) is 6.22. The van der Waals surface area contributed by atoms with Crippen molar-refractivity contribution in [3.63, 3.8) is 0 Å². The molecule has 2 aliphatic rings. The molecule has 100 valence electrons. The van der Waals surface area contributed by atoms with Gasteiger partial charge in [-0.3, -0.25) is 0 Å². The van der Waals surface area contributed by atoms with E-state index < -0.39 is 0 Å². The van der Waals surface area contributed by atoms with E-state index in [-0.39, 0.29) is 5.41 Å². The van der Waals surface area contributed by atoms with Crippen LogP contribution in [0.2, 0.25) is 0 Å². The molecule has 0 aliphatic heterocycles. The maximum Gasteiger partial charge on any atom is 0.0499 e. The Balaban J connectivity index is 1.94. The van der Waals surface area contributed by atoms with Crippen LogP contribution in [0, 0.1) is 5.41 Å². The number of aliphatic hydroxyl groups is 1. The Labute approximate surface area is 106 Å². The van der Waals surface area contributed by atoms with Gasteiger partial charge in [-0.05, 0) is 32.2 Å². The van der Waals surface area contributed by atoms with Crippen LogP contribution in [0.1, 0.15) is 64.7 Å². The summed E-state index contributed by atoms with van der Waals surface area (Å²) in [6.45, 7) is 4.99. The quantitative estimate of drug-likeness (QED) is 0.796. The lowest BCUT2D eigenvalue weighted by atomic mass is 9.74. The van der Waals surface area contributed by atoms with Crippen LogP contribution in [-0.4, -0.2) is 35.7 Å². The molecule has 0 amide bonds. The fourth-order valence-corrected chi connectivity index (χ4v) is 3.87. The van der Waals surface area contributed by atoms with Crippen molar-refractivity contribution in [3.8, 4) is 0 Å². The molecule has 0 saturated heterocycles. The van der Waals surface area contributed by atoms with E-state index in [1.165, 1.54) is 57.8 Å². The maximum absolute atomic E-state index is 9.80. The van der Waals surface area contributed by atoms with Crippen LogP contribution in [0.3, 0.4) is 0 Å². The summed E-state index contributed by atoms with van der Waals surface area (Å²) >= 11 is 0. The molecule has 0 atom stereocenters. The van der Waals surface area contributed by atoms with Crippen LogP contribution in [0.25, 0.3) is 0 Å². The van der Waals surface area contributed by atoms with Crippen LogP contribution >= 0.6 is 0 Å². The molecular weight excluding hydrogens is 210 g/mol. The zero-order chi connectivity index (χ0) is 12.1. The lowest BCUT2D eigenvalue weighted by Crippen LogP contribution is -2.45. The second kappa shape index (κ2) is 6.19. The molecule has 0 aromatic rings. The molecule has 0 radical (unpaired) electrons. The summed E-state index contributed by atoms with van der Waals surface area (Å²) in [5.41, 5.74) is 0.233. The third kappa shape index (κ3) is 3.23. The monoisotopic (exact) mass is 239 g/mol. The van der Waals surface area contributed by atoms with Crippen molar-refractivity contribution in [2.45, 2.75) is 70.8 Å².